The maximum Gasteiger partial charge on any atom is 0.253 e. The fraction of sp³-hybridized carbons (Fsp3) is 0.562. The first-order chi connectivity index (χ1) is 9.99. The predicted molar refractivity (Wildman–Crippen MR) is 86.6 cm³/mol. The van der Waals surface area contributed by atoms with Gasteiger partial charge in [0.05, 0.1) is 10.6 Å². The zero-order chi connectivity index (χ0) is 15.0. The molecule has 2 unspecified atom stereocenters. The molecule has 5 heteroatoms. The molecule has 1 aliphatic heterocycles. The van der Waals surface area contributed by atoms with Crippen LogP contribution in [0.2, 0.25) is 5.02 Å². The zero-order valence-electron chi connectivity index (χ0n) is 11.8. The number of hydrogen-bond acceptors (Lipinski definition) is 2. The molecule has 2 fully saturated rings. The molecule has 114 valence electrons. The number of carbonyl (C=O) groups is 1. The van der Waals surface area contributed by atoms with E-state index < -0.39 is 5.60 Å². The smallest absolute Gasteiger partial charge is 0.253 e. The summed E-state index contributed by atoms with van der Waals surface area (Å²) in [7, 11) is 0. The Morgan fingerprint density at radius 3 is 2.95 bits per heavy atom. The van der Waals surface area contributed by atoms with Gasteiger partial charge in [-0.05, 0) is 53.4 Å². The van der Waals surface area contributed by atoms with Crippen molar-refractivity contribution in [1.29, 1.82) is 0 Å². The Morgan fingerprint density at radius 2 is 2.19 bits per heavy atom. The third kappa shape index (κ3) is 2.99. The van der Waals surface area contributed by atoms with E-state index in [9.17, 15) is 9.90 Å². The molecule has 0 spiro atoms. The summed E-state index contributed by atoms with van der Waals surface area (Å²) in [5.41, 5.74) is 0.0998. The highest BCUT2D eigenvalue weighted by Gasteiger charge is 2.43. The second kappa shape index (κ2) is 5.90. The molecule has 1 aliphatic carbocycles. The molecular formula is C16H19BrClNO2. The SMILES string of the molecule is O=C(c1ccc(Cl)c(Br)c1)N1CCC2(O)CCCCC2C1. The molecule has 0 bridgehead atoms. The van der Waals surface area contributed by atoms with Crippen molar-refractivity contribution in [2.75, 3.05) is 13.1 Å². The van der Waals surface area contributed by atoms with Gasteiger partial charge in [-0.1, -0.05) is 24.4 Å². The molecule has 1 aromatic rings. The number of halogens is 2. The number of nitrogens with zero attached hydrogens (tertiary/aromatic N) is 1. The van der Waals surface area contributed by atoms with Crippen LogP contribution >= 0.6 is 27.5 Å². The van der Waals surface area contributed by atoms with Gasteiger partial charge in [0.1, 0.15) is 0 Å². The first-order valence-electron chi connectivity index (χ1n) is 7.46. The van der Waals surface area contributed by atoms with Gasteiger partial charge in [-0.25, -0.2) is 0 Å². The Labute approximate surface area is 138 Å². The number of likely N-dealkylation sites (tertiary alicyclic amines) is 1. The van der Waals surface area contributed by atoms with Gasteiger partial charge in [0, 0.05) is 29.0 Å². The summed E-state index contributed by atoms with van der Waals surface area (Å²) in [6.45, 7) is 1.29. The number of piperidine rings is 1. The lowest BCUT2D eigenvalue weighted by atomic mass is 9.71. The molecule has 2 atom stereocenters. The molecule has 1 saturated heterocycles. The molecule has 3 nitrogen and oxygen atoms in total. The molecule has 1 saturated carbocycles. The van der Waals surface area contributed by atoms with Crippen LogP contribution in [0.15, 0.2) is 22.7 Å². The van der Waals surface area contributed by atoms with Crippen molar-refractivity contribution in [2.45, 2.75) is 37.7 Å². The van der Waals surface area contributed by atoms with Crippen molar-refractivity contribution in [2.24, 2.45) is 5.92 Å². The van der Waals surface area contributed by atoms with Crippen LogP contribution < -0.4 is 0 Å². The van der Waals surface area contributed by atoms with Gasteiger partial charge in [0.2, 0.25) is 0 Å². The predicted octanol–water partition coefficient (Wildman–Crippen LogP) is 3.87. The molecule has 2 aliphatic rings. The molecule has 0 radical (unpaired) electrons. The number of fused-ring (bicyclic) bond motifs is 1. The topological polar surface area (TPSA) is 40.5 Å². The number of aliphatic hydroxyl groups is 1. The fourth-order valence-electron chi connectivity index (χ4n) is 3.57. The Balaban J connectivity index is 1.75. The van der Waals surface area contributed by atoms with Crippen LogP contribution in [0.1, 0.15) is 42.5 Å². The van der Waals surface area contributed by atoms with Crippen LogP contribution in [0.25, 0.3) is 0 Å². The zero-order valence-corrected chi connectivity index (χ0v) is 14.2. The van der Waals surface area contributed by atoms with Crippen molar-refractivity contribution in [3.05, 3.63) is 33.3 Å². The molecule has 1 amide bonds. The lowest BCUT2D eigenvalue weighted by molar-refractivity contribution is -0.0886. The van der Waals surface area contributed by atoms with Crippen LogP contribution in [0.4, 0.5) is 0 Å². The van der Waals surface area contributed by atoms with Gasteiger partial charge >= 0.3 is 0 Å². The van der Waals surface area contributed by atoms with Crippen molar-refractivity contribution >= 4 is 33.4 Å². The van der Waals surface area contributed by atoms with E-state index in [2.05, 4.69) is 15.9 Å². The summed E-state index contributed by atoms with van der Waals surface area (Å²) in [4.78, 5) is 14.5. The minimum Gasteiger partial charge on any atom is -0.389 e. The van der Waals surface area contributed by atoms with Crippen molar-refractivity contribution in [3.63, 3.8) is 0 Å². The quantitative estimate of drug-likeness (QED) is 0.813. The summed E-state index contributed by atoms with van der Waals surface area (Å²) in [6, 6.07) is 5.27. The lowest BCUT2D eigenvalue weighted by Crippen LogP contribution is -2.54. The van der Waals surface area contributed by atoms with Crippen LogP contribution in [-0.4, -0.2) is 34.6 Å². The molecule has 1 N–H and O–H groups in total. The largest absolute Gasteiger partial charge is 0.389 e. The van der Waals surface area contributed by atoms with Crippen LogP contribution in [-0.2, 0) is 0 Å². The average Bonchev–Trinajstić information content (AvgIpc) is 2.48. The highest BCUT2D eigenvalue weighted by atomic mass is 79.9. The van der Waals surface area contributed by atoms with Gasteiger partial charge in [-0.15, -0.1) is 0 Å². The van der Waals surface area contributed by atoms with Gasteiger partial charge < -0.3 is 10.0 Å². The minimum absolute atomic E-state index is 0.0278. The Morgan fingerprint density at radius 1 is 1.38 bits per heavy atom. The normalized spacial score (nSPS) is 29.1. The van der Waals surface area contributed by atoms with E-state index >= 15 is 0 Å². The molecule has 0 aromatic heterocycles. The third-order valence-corrected chi connectivity index (χ3v) is 6.10. The fourth-order valence-corrected chi connectivity index (χ4v) is 4.06. The van der Waals surface area contributed by atoms with Gasteiger partial charge in [-0.3, -0.25) is 4.79 Å². The van der Waals surface area contributed by atoms with E-state index in [0.29, 0.717) is 30.1 Å². The maximum atomic E-state index is 12.6. The summed E-state index contributed by atoms with van der Waals surface area (Å²) < 4.78 is 0.737. The number of amides is 1. The molecule has 1 aromatic carbocycles. The first kappa shape index (κ1) is 15.3. The molecular weight excluding hydrogens is 354 g/mol. The standard InChI is InChI=1S/C16H19BrClNO2/c17-13-9-11(4-5-14(13)18)15(20)19-8-7-16(21)6-2-1-3-12(16)10-19/h4-5,9,12,21H,1-3,6-8,10H2. The summed E-state index contributed by atoms with van der Waals surface area (Å²) in [5, 5.41) is 11.3. The number of hydrogen-bond donors (Lipinski definition) is 1. The lowest BCUT2D eigenvalue weighted by Gasteiger charge is -2.47. The highest BCUT2D eigenvalue weighted by molar-refractivity contribution is 9.10. The minimum atomic E-state index is -0.546. The summed E-state index contributed by atoms with van der Waals surface area (Å²) >= 11 is 9.34. The summed E-state index contributed by atoms with van der Waals surface area (Å²) in [6.07, 6.45) is 4.85. The number of carbonyl (C=O) groups excluding carboxylic acids is 1. The Kier molecular flexibility index (Phi) is 4.30. The van der Waals surface area contributed by atoms with Crippen molar-refractivity contribution in [1.82, 2.24) is 4.90 Å². The van der Waals surface area contributed by atoms with Gasteiger partial charge in [0.25, 0.3) is 5.91 Å². The second-order valence-electron chi connectivity index (χ2n) is 6.18. The Hall–Kier alpha value is -0.580. The van der Waals surface area contributed by atoms with E-state index in [1.165, 1.54) is 0 Å². The van der Waals surface area contributed by atoms with Gasteiger partial charge in [-0.2, -0.15) is 0 Å². The average molecular weight is 373 g/mol. The third-order valence-electron chi connectivity index (χ3n) is 4.88. The van der Waals surface area contributed by atoms with E-state index in [1.807, 2.05) is 4.90 Å². The monoisotopic (exact) mass is 371 g/mol. The molecule has 3 rings (SSSR count). The number of rotatable bonds is 1. The van der Waals surface area contributed by atoms with E-state index in [-0.39, 0.29) is 11.8 Å². The second-order valence-corrected chi connectivity index (χ2v) is 7.44. The van der Waals surface area contributed by atoms with Gasteiger partial charge in [0.15, 0.2) is 0 Å². The number of benzene rings is 1. The maximum absolute atomic E-state index is 12.6. The van der Waals surface area contributed by atoms with Crippen LogP contribution in [0.5, 0.6) is 0 Å². The van der Waals surface area contributed by atoms with E-state index in [0.717, 1.165) is 30.2 Å². The Bertz CT molecular complexity index is 565. The molecule has 21 heavy (non-hydrogen) atoms. The van der Waals surface area contributed by atoms with Crippen molar-refractivity contribution in [3.8, 4) is 0 Å². The first-order valence-corrected chi connectivity index (χ1v) is 8.63. The van der Waals surface area contributed by atoms with E-state index in [4.69, 9.17) is 11.6 Å². The van der Waals surface area contributed by atoms with Crippen molar-refractivity contribution < 1.29 is 9.90 Å². The molecule has 1 heterocycles. The van der Waals surface area contributed by atoms with Crippen LogP contribution in [0.3, 0.4) is 0 Å². The summed E-state index contributed by atoms with van der Waals surface area (Å²) in [5.74, 6) is 0.250. The van der Waals surface area contributed by atoms with Crippen LogP contribution in [0, 0.1) is 5.92 Å². The highest BCUT2D eigenvalue weighted by Crippen LogP contribution is 2.40. The van der Waals surface area contributed by atoms with E-state index in [1.54, 1.807) is 18.2 Å².